The summed E-state index contributed by atoms with van der Waals surface area (Å²) in [5, 5.41) is 19.5. The van der Waals surface area contributed by atoms with Gasteiger partial charge >= 0.3 is 0 Å². The summed E-state index contributed by atoms with van der Waals surface area (Å²) in [6.45, 7) is 5.32. The molecular weight excluding hydrogens is 435 g/mol. The highest BCUT2D eigenvalue weighted by Gasteiger charge is 2.31. The minimum Gasteiger partial charge on any atom is -0.388 e. The van der Waals surface area contributed by atoms with Crippen molar-refractivity contribution < 1.29 is 9.50 Å². The molecule has 172 valence electrons. The van der Waals surface area contributed by atoms with Crippen LogP contribution >= 0.6 is 0 Å². The Morgan fingerprint density at radius 2 is 1.76 bits per heavy atom. The van der Waals surface area contributed by atoms with Crippen molar-refractivity contribution >= 4 is 11.6 Å². The maximum atomic E-state index is 13.5. The summed E-state index contributed by atoms with van der Waals surface area (Å²) in [6.07, 6.45) is 8.60. The van der Waals surface area contributed by atoms with Gasteiger partial charge in [0.15, 0.2) is 5.65 Å². The molecule has 0 saturated heterocycles. The first-order chi connectivity index (χ1) is 16.2. The average Bonchev–Trinajstić information content (AvgIpc) is 3.42. The van der Waals surface area contributed by atoms with Crippen molar-refractivity contribution in [2.45, 2.75) is 32.4 Å². The molecule has 0 aliphatic rings. The number of aromatic nitrogens is 7. The van der Waals surface area contributed by atoms with Crippen LogP contribution in [0, 0.1) is 12.7 Å². The number of benzene rings is 1. The minimum atomic E-state index is -1.15. The number of nitrogen functional groups attached to an aromatic ring is 1. The first-order valence-corrected chi connectivity index (χ1v) is 10.7. The highest BCUT2D eigenvalue weighted by Crippen LogP contribution is 2.32. The number of fused-ring (bicyclic) bond motifs is 1. The molecule has 10 heteroatoms. The molecule has 0 aliphatic heterocycles. The van der Waals surface area contributed by atoms with E-state index in [9.17, 15) is 9.50 Å². The quantitative estimate of drug-likeness (QED) is 0.414. The number of nitrogens with two attached hydrogens (primary N) is 1. The van der Waals surface area contributed by atoms with Gasteiger partial charge in [0, 0.05) is 29.1 Å². The SMILES string of the molecule is Cc1c(-c2cncc(-c3cnn(C(c4ccc(F)cc4)C(C)(C)O)c3)n2)ccn2nc(N)nc12. The Morgan fingerprint density at radius 1 is 1.03 bits per heavy atom. The molecule has 0 saturated carbocycles. The monoisotopic (exact) mass is 458 g/mol. The van der Waals surface area contributed by atoms with Crippen LogP contribution < -0.4 is 5.73 Å². The van der Waals surface area contributed by atoms with E-state index in [0.29, 0.717) is 17.0 Å². The molecule has 5 rings (SSSR count). The van der Waals surface area contributed by atoms with Crippen LogP contribution in [0.3, 0.4) is 0 Å². The summed E-state index contributed by atoms with van der Waals surface area (Å²) in [5.74, 6) is -0.135. The third kappa shape index (κ3) is 3.88. The molecule has 0 bridgehead atoms. The zero-order valence-corrected chi connectivity index (χ0v) is 18.9. The first kappa shape index (κ1) is 21.7. The van der Waals surface area contributed by atoms with Crippen LogP contribution in [0.25, 0.3) is 28.2 Å². The lowest BCUT2D eigenvalue weighted by Gasteiger charge is -2.30. The van der Waals surface area contributed by atoms with E-state index in [2.05, 4.69) is 20.2 Å². The van der Waals surface area contributed by atoms with Crippen LogP contribution in [-0.4, -0.2) is 45.1 Å². The third-order valence-corrected chi connectivity index (χ3v) is 5.70. The smallest absolute Gasteiger partial charge is 0.240 e. The van der Waals surface area contributed by atoms with Gasteiger partial charge in [-0.15, -0.1) is 5.10 Å². The molecule has 4 aromatic heterocycles. The normalized spacial score (nSPS) is 12.9. The predicted octanol–water partition coefficient (Wildman–Crippen LogP) is 3.44. The Balaban J connectivity index is 1.53. The molecular formula is C24H23FN8O. The van der Waals surface area contributed by atoms with Gasteiger partial charge in [0.1, 0.15) is 11.9 Å². The molecule has 0 spiro atoms. The number of anilines is 1. The Morgan fingerprint density at radius 3 is 2.50 bits per heavy atom. The molecule has 34 heavy (non-hydrogen) atoms. The minimum absolute atomic E-state index is 0.204. The number of halogens is 1. The fraction of sp³-hybridized carbons (Fsp3) is 0.208. The van der Waals surface area contributed by atoms with E-state index < -0.39 is 11.6 Å². The molecule has 0 fully saturated rings. The predicted molar refractivity (Wildman–Crippen MR) is 125 cm³/mol. The van der Waals surface area contributed by atoms with Crippen molar-refractivity contribution in [3.8, 4) is 22.5 Å². The van der Waals surface area contributed by atoms with Crippen molar-refractivity contribution in [1.29, 1.82) is 0 Å². The van der Waals surface area contributed by atoms with E-state index >= 15 is 0 Å². The standard InChI is InChI=1S/C24H23FN8O/c1-14-18(8-9-32-22(14)30-23(26)31-32)20-12-27-11-19(29-20)16-10-28-33(13-16)21(24(2,3)34)15-4-6-17(25)7-5-15/h4-13,21,34H,1-3H3,(H2,26,31). The van der Waals surface area contributed by atoms with Crippen molar-refractivity contribution in [3.05, 3.63) is 78.3 Å². The second-order valence-corrected chi connectivity index (χ2v) is 8.70. The molecule has 0 radical (unpaired) electrons. The van der Waals surface area contributed by atoms with Gasteiger partial charge in [0.2, 0.25) is 5.95 Å². The lowest BCUT2D eigenvalue weighted by Crippen LogP contribution is -2.34. The summed E-state index contributed by atoms with van der Waals surface area (Å²) in [4.78, 5) is 13.4. The van der Waals surface area contributed by atoms with E-state index in [-0.39, 0.29) is 11.8 Å². The summed E-state index contributed by atoms with van der Waals surface area (Å²) < 4.78 is 16.7. The Labute approximate surface area is 194 Å². The second-order valence-electron chi connectivity index (χ2n) is 8.70. The maximum absolute atomic E-state index is 13.5. The van der Waals surface area contributed by atoms with Gasteiger partial charge in [0.25, 0.3) is 0 Å². The average molecular weight is 459 g/mol. The van der Waals surface area contributed by atoms with Crippen LogP contribution in [0.1, 0.15) is 31.0 Å². The molecule has 1 aromatic carbocycles. The van der Waals surface area contributed by atoms with Gasteiger partial charge in [-0.3, -0.25) is 9.67 Å². The molecule has 1 atom stereocenters. The molecule has 3 N–H and O–H groups in total. The fourth-order valence-electron chi connectivity index (χ4n) is 4.14. The van der Waals surface area contributed by atoms with E-state index in [1.807, 2.05) is 13.0 Å². The molecule has 5 aromatic rings. The molecule has 4 heterocycles. The van der Waals surface area contributed by atoms with Gasteiger partial charge in [0.05, 0.1) is 35.6 Å². The lowest BCUT2D eigenvalue weighted by atomic mass is 9.92. The van der Waals surface area contributed by atoms with Crippen LogP contribution in [0.15, 0.2) is 61.3 Å². The van der Waals surface area contributed by atoms with Crippen molar-refractivity contribution in [2.24, 2.45) is 0 Å². The summed E-state index contributed by atoms with van der Waals surface area (Å²) >= 11 is 0. The highest BCUT2D eigenvalue weighted by atomic mass is 19.1. The van der Waals surface area contributed by atoms with Crippen LogP contribution in [0.5, 0.6) is 0 Å². The summed E-state index contributed by atoms with van der Waals surface area (Å²) in [5.41, 5.74) is 9.75. The zero-order chi connectivity index (χ0) is 24.0. The number of pyridine rings is 1. The van der Waals surface area contributed by atoms with E-state index in [0.717, 1.165) is 22.3 Å². The molecule has 9 nitrogen and oxygen atoms in total. The van der Waals surface area contributed by atoms with Gasteiger partial charge in [-0.25, -0.2) is 13.9 Å². The number of hydrogen-bond donors (Lipinski definition) is 2. The van der Waals surface area contributed by atoms with Gasteiger partial charge in [-0.05, 0) is 44.5 Å². The second kappa shape index (κ2) is 7.99. The Bertz CT molecular complexity index is 1480. The van der Waals surface area contributed by atoms with E-state index in [1.54, 1.807) is 66.2 Å². The first-order valence-electron chi connectivity index (χ1n) is 10.7. The topological polar surface area (TPSA) is 120 Å². The number of nitrogens with zero attached hydrogens (tertiary/aromatic N) is 7. The van der Waals surface area contributed by atoms with Crippen molar-refractivity contribution in [1.82, 2.24) is 34.3 Å². The Kier molecular flexibility index (Phi) is 5.09. The fourth-order valence-corrected chi connectivity index (χ4v) is 4.14. The Hall–Kier alpha value is -4.18. The summed E-state index contributed by atoms with van der Waals surface area (Å²) in [7, 11) is 0. The van der Waals surface area contributed by atoms with Gasteiger partial charge in [-0.2, -0.15) is 10.1 Å². The van der Waals surface area contributed by atoms with E-state index in [4.69, 9.17) is 10.7 Å². The van der Waals surface area contributed by atoms with Crippen LogP contribution in [0.2, 0.25) is 0 Å². The van der Waals surface area contributed by atoms with Crippen LogP contribution in [-0.2, 0) is 0 Å². The number of rotatable bonds is 5. The van der Waals surface area contributed by atoms with Gasteiger partial charge < -0.3 is 10.8 Å². The lowest BCUT2D eigenvalue weighted by molar-refractivity contribution is 0.0345. The molecule has 1 unspecified atom stereocenters. The molecule has 0 amide bonds. The van der Waals surface area contributed by atoms with Crippen molar-refractivity contribution in [3.63, 3.8) is 0 Å². The summed E-state index contributed by atoms with van der Waals surface area (Å²) in [6, 6.07) is 7.41. The number of aliphatic hydroxyl groups is 1. The number of aryl methyl sites for hydroxylation is 1. The van der Waals surface area contributed by atoms with Crippen LogP contribution in [0.4, 0.5) is 10.3 Å². The third-order valence-electron chi connectivity index (χ3n) is 5.70. The van der Waals surface area contributed by atoms with E-state index in [1.165, 1.54) is 12.1 Å². The maximum Gasteiger partial charge on any atom is 0.240 e. The zero-order valence-electron chi connectivity index (χ0n) is 18.9. The number of hydrogen-bond acceptors (Lipinski definition) is 7. The van der Waals surface area contributed by atoms with Crippen molar-refractivity contribution in [2.75, 3.05) is 5.73 Å². The van der Waals surface area contributed by atoms with Gasteiger partial charge in [-0.1, -0.05) is 12.1 Å². The largest absolute Gasteiger partial charge is 0.388 e. The highest BCUT2D eigenvalue weighted by molar-refractivity contribution is 5.72. The molecule has 0 aliphatic carbocycles.